The number of nitrogens with zero attached hydrogens (tertiary/aromatic N) is 1. The fraction of sp³-hybridized carbons (Fsp3) is 0.333. The van der Waals surface area contributed by atoms with Crippen LogP contribution in [0.4, 0.5) is 15.8 Å². The van der Waals surface area contributed by atoms with Crippen LogP contribution in [-0.4, -0.2) is 14.1 Å². The lowest BCUT2D eigenvalue weighted by molar-refractivity contribution is 0.625. The predicted molar refractivity (Wildman–Crippen MR) is 88.6 cm³/mol. The quantitative estimate of drug-likeness (QED) is 0.852. The van der Waals surface area contributed by atoms with Crippen molar-refractivity contribution in [1.82, 2.24) is 0 Å². The summed E-state index contributed by atoms with van der Waals surface area (Å²) in [6.45, 7) is 4.23. The first-order valence-electron chi connectivity index (χ1n) is 7.31. The number of anilines is 2. The highest BCUT2D eigenvalue weighted by molar-refractivity contribution is 5.60. The molecule has 0 aromatic heterocycles. The Morgan fingerprint density at radius 3 is 2.29 bits per heavy atom. The second kappa shape index (κ2) is 6.61. The van der Waals surface area contributed by atoms with Gasteiger partial charge in [-0.05, 0) is 54.8 Å². The highest BCUT2D eigenvalue weighted by Gasteiger charge is 2.11. The summed E-state index contributed by atoms with van der Waals surface area (Å²) in [6, 6.07) is 13.3. The van der Waals surface area contributed by atoms with Crippen molar-refractivity contribution in [3.63, 3.8) is 0 Å². The SMILES string of the molecule is CCC(Nc1ccc(N(C)C)cc1C)c1ccc(F)cc1. The Morgan fingerprint density at radius 2 is 1.76 bits per heavy atom. The van der Waals surface area contributed by atoms with Crippen molar-refractivity contribution >= 4 is 11.4 Å². The molecule has 0 aliphatic carbocycles. The Morgan fingerprint density at radius 1 is 1.10 bits per heavy atom. The van der Waals surface area contributed by atoms with E-state index < -0.39 is 0 Å². The van der Waals surface area contributed by atoms with E-state index in [0.717, 1.165) is 17.7 Å². The molecule has 0 saturated carbocycles. The smallest absolute Gasteiger partial charge is 0.123 e. The third-order valence-corrected chi connectivity index (χ3v) is 3.74. The normalized spacial score (nSPS) is 12.0. The third-order valence-electron chi connectivity index (χ3n) is 3.74. The van der Waals surface area contributed by atoms with Crippen LogP contribution in [0.25, 0.3) is 0 Å². The molecular formula is C18H23FN2. The molecule has 1 atom stereocenters. The molecule has 0 bridgehead atoms. The predicted octanol–water partition coefficient (Wildman–Crippen LogP) is 4.76. The minimum atomic E-state index is -0.194. The monoisotopic (exact) mass is 286 g/mol. The molecule has 2 aromatic rings. The van der Waals surface area contributed by atoms with Gasteiger partial charge in [-0.25, -0.2) is 4.39 Å². The van der Waals surface area contributed by atoms with Crippen molar-refractivity contribution < 1.29 is 4.39 Å². The van der Waals surface area contributed by atoms with Gasteiger partial charge in [-0.2, -0.15) is 0 Å². The zero-order valence-corrected chi connectivity index (χ0v) is 13.2. The van der Waals surface area contributed by atoms with Gasteiger partial charge in [0.2, 0.25) is 0 Å². The van der Waals surface area contributed by atoms with Crippen LogP contribution in [0.1, 0.15) is 30.5 Å². The Labute approximate surface area is 126 Å². The molecule has 112 valence electrons. The zero-order valence-electron chi connectivity index (χ0n) is 13.2. The average Bonchev–Trinajstić information content (AvgIpc) is 2.47. The second-order valence-corrected chi connectivity index (χ2v) is 5.55. The number of nitrogens with one attached hydrogen (secondary N) is 1. The van der Waals surface area contributed by atoms with Gasteiger partial charge in [0.15, 0.2) is 0 Å². The minimum Gasteiger partial charge on any atom is -0.378 e. The van der Waals surface area contributed by atoms with E-state index in [-0.39, 0.29) is 11.9 Å². The van der Waals surface area contributed by atoms with Crippen molar-refractivity contribution in [2.45, 2.75) is 26.3 Å². The number of hydrogen-bond donors (Lipinski definition) is 1. The van der Waals surface area contributed by atoms with E-state index >= 15 is 0 Å². The van der Waals surface area contributed by atoms with Crippen LogP contribution >= 0.6 is 0 Å². The summed E-state index contributed by atoms with van der Waals surface area (Å²) in [4.78, 5) is 2.09. The Hall–Kier alpha value is -2.03. The van der Waals surface area contributed by atoms with Gasteiger partial charge < -0.3 is 10.2 Å². The van der Waals surface area contributed by atoms with Crippen LogP contribution in [-0.2, 0) is 0 Å². The highest BCUT2D eigenvalue weighted by Crippen LogP contribution is 2.27. The summed E-state index contributed by atoms with van der Waals surface area (Å²) in [5.41, 5.74) is 4.63. The summed E-state index contributed by atoms with van der Waals surface area (Å²) in [5, 5.41) is 3.56. The van der Waals surface area contributed by atoms with Gasteiger partial charge in [0.1, 0.15) is 5.82 Å². The first-order valence-corrected chi connectivity index (χ1v) is 7.31. The van der Waals surface area contributed by atoms with E-state index in [2.05, 4.69) is 42.3 Å². The number of aryl methyl sites for hydroxylation is 1. The van der Waals surface area contributed by atoms with E-state index in [1.165, 1.54) is 23.4 Å². The maximum Gasteiger partial charge on any atom is 0.123 e. The van der Waals surface area contributed by atoms with Gasteiger partial charge in [-0.15, -0.1) is 0 Å². The summed E-state index contributed by atoms with van der Waals surface area (Å²) < 4.78 is 13.0. The maximum atomic E-state index is 13.0. The number of rotatable bonds is 5. The van der Waals surface area contributed by atoms with E-state index in [9.17, 15) is 4.39 Å². The molecule has 0 aliphatic heterocycles. The Balaban J connectivity index is 2.20. The fourth-order valence-corrected chi connectivity index (χ4v) is 2.39. The van der Waals surface area contributed by atoms with Crippen LogP contribution in [0.5, 0.6) is 0 Å². The molecule has 0 aliphatic rings. The minimum absolute atomic E-state index is 0.189. The molecule has 0 amide bonds. The highest BCUT2D eigenvalue weighted by atomic mass is 19.1. The van der Waals surface area contributed by atoms with Crippen LogP contribution in [0.15, 0.2) is 42.5 Å². The molecule has 3 heteroatoms. The van der Waals surface area contributed by atoms with Gasteiger partial charge >= 0.3 is 0 Å². The van der Waals surface area contributed by atoms with Crippen LogP contribution < -0.4 is 10.2 Å². The molecule has 2 aromatic carbocycles. The molecule has 21 heavy (non-hydrogen) atoms. The maximum absolute atomic E-state index is 13.0. The van der Waals surface area contributed by atoms with Crippen molar-refractivity contribution in [3.05, 3.63) is 59.4 Å². The number of benzene rings is 2. The molecule has 1 unspecified atom stereocenters. The van der Waals surface area contributed by atoms with E-state index in [0.29, 0.717) is 0 Å². The lowest BCUT2D eigenvalue weighted by Gasteiger charge is -2.22. The molecule has 0 spiro atoms. The van der Waals surface area contributed by atoms with Gasteiger partial charge in [-0.1, -0.05) is 19.1 Å². The van der Waals surface area contributed by atoms with E-state index in [1.54, 1.807) is 0 Å². The Kier molecular flexibility index (Phi) is 4.84. The van der Waals surface area contributed by atoms with Gasteiger partial charge in [0.05, 0.1) is 6.04 Å². The van der Waals surface area contributed by atoms with Crippen LogP contribution in [0, 0.1) is 12.7 Å². The van der Waals surface area contributed by atoms with Crippen molar-refractivity contribution in [2.24, 2.45) is 0 Å². The van der Waals surface area contributed by atoms with Crippen molar-refractivity contribution in [1.29, 1.82) is 0 Å². The zero-order chi connectivity index (χ0) is 15.4. The summed E-state index contributed by atoms with van der Waals surface area (Å²) >= 11 is 0. The largest absolute Gasteiger partial charge is 0.378 e. The lowest BCUT2D eigenvalue weighted by Crippen LogP contribution is -2.12. The van der Waals surface area contributed by atoms with Crippen LogP contribution in [0.2, 0.25) is 0 Å². The standard InChI is InChI=1S/C18H23FN2/c1-5-17(14-6-8-15(19)9-7-14)20-18-11-10-16(21(3)4)12-13(18)2/h6-12,17,20H,5H2,1-4H3. The molecule has 0 radical (unpaired) electrons. The number of hydrogen-bond acceptors (Lipinski definition) is 2. The van der Waals surface area contributed by atoms with Gasteiger partial charge in [-0.3, -0.25) is 0 Å². The van der Waals surface area contributed by atoms with Gasteiger partial charge in [0.25, 0.3) is 0 Å². The van der Waals surface area contributed by atoms with Crippen molar-refractivity contribution in [2.75, 3.05) is 24.3 Å². The molecule has 1 N–H and O–H groups in total. The van der Waals surface area contributed by atoms with Crippen LogP contribution in [0.3, 0.4) is 0 Å². The molecule has 0 fully saturated rings. The van der Waals surface area contributed by atoms with E-state index in [1.807, 2.05) is 26.2 Å². The molecule has 0 heterocycles. The lowest BCUT2D eigenvalue weighted by atomic mass is 10.0. The Bertz CT molecular complexity index is 591. The molecule has 0 saturated heterocycles. The summed E-state index contributed by atoms with van der Waals surface area (Å²) in [6.07, 6.45) is 0.945. The summed E-state index contributed by atoms with van der Waals surface area (Å²) in [7, 11) is 4.07. The van der Waals surface area contributed by atoms with E-state index in [4.69, 9.17) is 0 Å². The average molecular weight is 286 g/mol. The molecular weight excluding hydrogens is 263 g/mol. The summed E-state index contributed by atoms with van der Waals surface area (Å²) in [5.74, 6) is -0.194. The fourth-order valence-electron chi connectivity index (χ4n) is 2.39. The molecule has 2 nitrogen and oxygen atoms in total. The topological polar surface area (TPSA) is 15.3 Å². The molecule has 2 rings (SSSR count). The second-order valence-electron chi connectivity index (χ2n) is 5.55. The first kappa shape index (κ1) is 15.4. The first-order chi connectivity index (χ1) is 10.0. The number of halogens is 1. The van der Waals surface area contributed by atoms with Crippen molar-refractivity contribution in [3.8, 4) is 0 Å². The van der Waals surface area contributed by atoms with Gasteiger partial charge in [0, 0.05) is 25.5 Å². The third kappa shape index (κ3) is 3.75.